The van der Waals surface area contributed by atoms with E-state index in [1.807, 2.05) is 6.92 Å². The maximum absolute atomic E-state index is 5.79. The standard InChI is InChI=1S/C8H15N5/c1-6(9)8-12-11-7-2-3-10-4-5-13(7)8/h6,10H,2-5,9H2,1H3. The van der Waals surface area contributed by atoms with Crippen molar-refractivity contribution in [1.29, 1.82) is 0 Å². The van der Waals surface area contributed by atoms with Crippen LogP contribution in [0.25, 0.3) is 0 Å². The second-order valence-electron chi connectivity index (χ2n) is 3.41. The summed E-state index contributed by atoms with van der Waals surface area (Å²) in [5.41, 5.74) is 5.79. The van der Waals surface area contributed by atoms with Gasteiger partial charge in [0.25, 0.3) is 0 Å². The van der Waals surface area contributed by atoms with Crippen molar-refractivity contribution < 1.29 is 0 Å². The molecule has 0 spiro atoms. The van der Waals surface area contributed by atoms with Gasteiger partial charge in [-0.25, -0.2) is 0 Å². The van der Waals surface area contributed by atoms with Gasteiger partial charge in [0.15, 0.2) is 0 Å². The normalized spacial score (nSPS) is 19.2. The van der Waals surface area contributed by atoms with Gasteiger partial charge in [-0.2, -0.15) is 0 Å². The maximum atomic E-state index is 5.79. The molecule has 0 radical (unpaired) electrons. The summed E-state index contributed by atoms with van der Waals surface area (Å²) >= 11 is 0. The topological polar surface area (TPSA) is 68.8 Å². The van der Waals surface area contributed by atoms with E-state index in [-0.39, 0.29) is 6.04 Å². The Morgan fingerprint density at radius 3 is 3.08 bits per heavy atom. The summed E-state index contributed by atoms with van der Waals surface area (Å²) in [4.78, 5) is 0. The molecule has 0 saturated carbocycles. The molecule has 1 aliphatic heterocycles. The van der Waals surface area contributed by atoms with Crippen LogP contribution in [0.1, 0.15) is 24.6 Å². The first-order valence-electron chi connectivity index (χ1n) is 4.67. The summed E-state index contributed by atoms with van der Waals surface area (Å²) in [5, 5.41) is 11.5. The van der Waals surface area contributed by atoms with Crippen molar-refractivity contribution in [2.45, 2.75) is 25.9 Å². The zero-order valence-electron chi connectivity index (χ0n) is 7.82. The van der Waals surface area contributed by atoms with Crippen LogP contribution in [0.15, 0.2) is 0 Å². The Balaban J connectivity index is 2.34. The highest BCUT2D eigenvalue weighted by Crippen LogP contribution is 2.10. The number of fused-ring (bicyclic) bond motifs is 1. The largest absolute Gasteiger partial charge is 0.322 e. The Kier molecular flexibility index (Phi) is 2.28. The molecular formula is C8H15N5. The fraction of sp³-hybridized carbons (Fsp3) is 0.750. The number of nitrogens with zero attached hydrogens (tertiary/aromatic N) is 3. The van der Waals surface area contributed by atoms with Crippen LogP contribution in [0, 0.1) is 0 Å². The summed E-state index contributed by atoms with van der Waals surface area (Å²) in [6.45, 7) is 4.83. The molecule has 0 fully saturated rings. The molecule has 0 saturated heterocycles. The van der Waals surface area contributed by atoms with E-state index in [1.54, 1.807) is 0 Å². The molecule has 2 heterocycles. The molecule has 0 bridgehead atoms. The highest BCUT2D eigenvalue weighted by Gasteiger charge is 2.16. The van der Waals surface area contributed by atoms with E-state index < -0.39 is 0 Å². The van der Waals surface area contributed by atoms with E-state index in [9.17, 15) is 0 Å². The summed E-state index contributed by atoms with van der Waals surface area (Å²) in [6.07, 6.45) is 0.944. The molecule has 1 aromatic rings. The van der Waals surface area contributed by atoms with Crippen molar-refractivity contribution in [3.63, 3.8) is 0 Å². The molecule has 3 N–H and O–H groups in total. The fourth-order valence-corrected chi connectivity index (χ4v) is 1.63. The van der Waals surface area contributed by atoms with E-state index in [0.29, 0.717) is 0 Å². The number of nitrogens with two attached hydrogens (primary N) is 1. The molecule has 0 aromatic carbocycles. The van der Waals surface area contributed by atoms with Gasteiger partial charge in [-0.05, 0) is 6.92 Å². The van der Waals surface area contributed by atoms with Crippen LogP contribution in [0.5, 0.6) is 0 Å². The average Bonchev–Trinajstić information content (AvgIpc) is 2.36. The molecule has 1 atom stereocenters. The Morgan fingerprint density at radius 1 is 1.46 bits per heavy atom. The monoisotopic (exact) mass is 181 g/mol. The number of rotatable bonds is 1. The molecule has 1 unspecified atom stereocenters. The first kappa shape index (κ1) is 8.65. The smallest absolute Gasteiger partial charge is 0.149 e. The lowest BCUT2D eigenvalue weighted by molar-refractivity contribution is 0.589. The van der Waals surface area contributed by atoms with Crippen LogP contribution in [0.4, 0.5) is 0 Å². The van der Waals surface area contributed by atoms with Crippen molar-refractivity contribution in [2.24, 2.45) is 5.73 Å². The van der Waals surface area contributed by atoms with Gasteiger partial charge in [0.2, 0.25) is 0 Å². The van der Waals surface area contributed by atoms with E-state index in [0.717, 1.165) is 37.7 Å². The van der Waals surface area contributed by atoms with Gasteiger partial charge in [-0.1, -0.05) is 0 Å². The third kappa shape index (κ3) is 1.57. The summed E-state index contributed by atoms with van der Waals surface area (Å²) in [5.74, 6) is 1.95. The number of hydrogen-bond donors (Lipinski definition) is 2. The molecule has 1 aromatic heterocycles. The molecule has 5 heteroatoms. The van der Waals surface area contributed by atoms with Crippen molar-refractivity contribution in [2.75, 3.05) is 13.1 Å². The average molecular weight is 181 g/mol. The highest BCUT2D eigenvalue weighted by molar-refractivity contribution is 5.01. The van der Waals surface area contributed by atoms with E-state index >= 15 is 0 Å². The van der Waals surface area contributed by atoms with E-state index in [4.69, 9.17) is 5.73 Å². The van der Waals surface area contributed by atoms with Gasteiger partial charge in [-0.15, -0.1) is 10.2 Å². The first-order chi connectivity index (χ1) is 6.29. The Bertz CT molecular complexity index is 291. The molecule has 1 aliphatic rings. The maximum Gasteiger partial charge on any atom is 0.149 e. The molecular weight excluding hydrogens is 166 g/mol. The van der Waals surface area contributed by atoms with Crippen LogP contribution in [0.3, 0.4) is 0 Å². The van der Waals surface area contributed by atoms with Gasteiger partial charge in [0.1, 0.15) is 11.6 Å². The highest BCUT2D eigenvalue weighted by atomic mass is 15.3. The van der Waals surface area contributed by atoms with Gasteiger partial charge in [-0.3, -0.25) is 0 Å². The minimum Gasteiger partial charge on any atom is -0.322 e. The first-order valence-corrected chi connectivity index (χ1v) is 4.67. The van der Waals surface area contributed by atoms with Gasteiger partial charge >= 0.3 is 0 Å². The Hall–Kier alpha value is -0.940. The lowest BCUT2D eigenvalue weighted by Gasteiger charge is -2.08. The van der Waals surface area contributed by atoms with Gasteiger partial charge < -0.3 is 15.6 Å². The predicted molar refractivity (Wildman–Crippen MR) is 49.2 cm³/mol. The SMILES string of the molecule is CC(N)c1nnc2n1CCNCC2. The minimum absolute atomic E-state index is 0.0284. The second-order valence-corrected chi connectivity index (χ2v) is 3.41. The van der Waals surface area contributed by atoms with Crippen LogP contribution >= 0.6 is 0 Å². The molecule has 0 amide bonds. The fourth-order valence-electron chi connectivity index (χ4n) is 1.63. The van der Waals surface area contributed by atoms with Gasteiger partial charge in [0, 0.05) is 26.1 Å². The number of hydrogen-bond acceptors (Lipinski definition) is 4. The van der Waals surface area contributed by atoms with Crippen molar-refractivity contribution in [3.05, 3.63) is 11.6 Å². The molecule has 13 heavy (non-hydrogen) atoms. The van der Waals surface area contributed by atoms with E-state index in [2.05, 4.69) is 20.1 Å². The third-order valence-corrected chi connectivity index (χ3v) is 2.30. The molecule has 2 rings (SSSR count). The van der Waals surface area contributed by atoms with Crippen LogP contribution in [-0.4, -0.2) is 27.9 Å². The summed E-state index contributed by atoms with van der Waals surface area (Å²) < 4.78 is 2.13. The summed E-state index contributed by atoms with van der Waals surface area (Å²) in [7, 11) is 0. The second kappa shape index (κ2) is 3.43. The quantitative estimate of drug-likeness (QED) is 0.609. The van der Waals surface area contributed by atoms with Crippen LogP contribution in [0.2, 0.25) is 0 Å². The minimum atomic E-state index is -0.0284. The van der Waals surface area contributed by atoms with Gasteiger partial charge in [0.05, 0.1) is 6.04 Å². The molecule has 0 aliphatic carbocycles. The lowest BCUT2D eigenvalue weighted by Crippen LogP contribution is -2.20. The zero-order valence-corrected chi connectivity index (χ0v) is 7.82. The summed E-state index contributed by atoms with van der Waals surface area (Å²) in [6, 6.07) is -0.0284. The predicted octanol–water partition coefficient (Wildman–Crippen LogP) is -0.556. The van der Waals surface area contributed by atoms with Crippen LogP contribution in [-0.2, 0) is 13.0 Å². The Morgan fingerprint density at radius 2 is 2.31 bits per heavy atom. The van der Waals surface area contributed by atoms with Crippen molar-refractivity contribution in [3.8, 4) is 0 Å². The lowest BCUT2D eigenvalue weighted by atomic mass is 10.3. The number of nitrogens with one attached hydrogen (secondary N) is 1. The van der Waals surface area contributed by atoms with Crippen molar-refractivity contribution in [1.82, 2.24) is 20.1 Å². The van der Waals surface area contributed by atoms with E-state index in [1.165, 1.54) is 0 Å². The third-order valence-electron chi connectivity index (χ3n) is 2.30. The number of aromatic nitrogens is 3. The van der Waals surface area contributed by atoms with Crippen LogP contribution < -0.4 is 11.1 Å². The molecule has 5 nitrogen and oxygen atoms in total. The Labute approximate surface area is 77.3 Å². The van der Waals surface area contributed by atoms with Crippen molar-refractivity contribution >= 4 is 0 Å². The molecule has 72 valence electrons. The zero-order chi connectivity index (χ0) is 9.26.